The van der Waals surface area contributed by atoms with Crippen LogP contribution in [0.15, 0.2) is 23.1 Å². The summed E-state index contributed by atoms with van der Waals surface area (Å²) in [5, 5.41) is 5.73. The monoisotopic (exact) mass is 289 g/mol. The van der Waals surface area contributed by atoms with E-state index in [2.05, 4.69) is 12.2 Å². The Morgan fingerprint density at radius 1 is 1.35 bits per heavy atom. The number of hydrogen-bond donors (Lipinski definition) is 1. The second-order valence-corrected chi connectivity index (χ2v) is 6.45. The lowest BCUT2D eigenvalue weighted by Crippen LogP contribution is -2.33. The summed E-state index contributed by atoms with van der Waals surface area (Å²) in [7, 11) is 0. The van der Waals surface area contributed by atoms with Gasteiger partial charge in [0.15, 0.2) is 0 Å². The molecule has 17 heavy (non-hydrogen) atoms. The molecule has 0 aliphatic heterocycles. The summed E-state index contributed by atoms with van der Waals surface area (Å²) < 4.78 is 0. The summed E-state index contributed by atoms with van der Waals surface area (Å²) in [6, 6.07) is 6.30. The minimum Gasteiger partial charge on any atom is -0.313 e. The molecule has 0 amide bonds. The highest BCUT2D eigenvalue weighted by molar-refractivity contribution is 8.00. The summed E-state index contributed by atoms with van der Waals surface area (Å²) in [6.45, 7) is 3.19. The molecule has 1 aromatic rings. The van der Waals surface area contributed by atoms with Crippen LogP contribution in [0.3, 0.4) is 0 Å². The van der Waals surface area contributed by atoms with Crippen molar-refractivity contribution in [2.75, 3.05) is 6.54 Å². The first kappa shape index (κ1) is 13.5. The largest absolute Gasteiger partial charge is 0.313 e. The van der Waals surface area contributed by atoms with E-state index in [0.717, 1.165) is 21.5 Å². The molecule has 94 valence electrons. The second kappa shape index (κ2) is 6.33. The van der Waals surface area contributed by atoms with Crippen molar-refractivity contribution in [3.63, 3.8) is 0 Å². The third kappa shape index (κ3) is 3.54. The number of thioether (sulfide) groups is 1. The molecule has 2 atom stereocenters. The Labute approximate surface area is 117 Å². The first-order valence-electron chi connectivity index (χ1n) is 6.05. The van der Waals surface area contributed by atoms with Crippen LogP contribution in [-0.2, 0) is 0 Å². The van der Waals surface area contributed by atoms with Crippen molar-refractivity contribution >= 4 is 35.0 Å². The molecule has 0 saturated heterocycles. The highest BCUT2D eigenvalue weighted by Gasteiger charge is 2.27. The fraction of sp³-hybridized carbons (Fsp3) is 0.538. The third-order valence-electron chi connectivity index (χ3n) is 3.09. The highest BCUT2D eigenvalue weighted by atomic mass is 35.5. The topological polar surface area (TPSA) is 12.0 Å². The van der Waals surface area contributed by atoms with Gasteiger partial charge in [-0.05, 0) is 37.6 Å². The van der Waals surface area contributed by atoms with Crippen LogP contribution in [0.2, 0.25) is 10.0 Å². The van der Waals surface area contributed by atoms with E-state index in [1.807, 2.05) is 30.0 Å². The van der Waals surface area contributed by atoms with E-state index in [9.17, 15) is 0 Å². The molecule has 1 saturated carbocycles. The average Bonchev–Trinajstić information content (AvgIpc) is 2.72. The second-order valence-electron chi connectivity index (χ2n) is 4.33. The van der Waals surface area contributed by atoms with Crippen molar-refractivity contribution in [3.8, 4) is 0 Å². The van der Waals surface area contributed by atoms with Gasteiger partial charge in [0.05, 0.1) is 5.02 Å². The van der Waals surface area contributed by atoms with Gasteiger partial charge in [0.25, 0.3) is 0 Å². The highest BCUT2D eigenvalue weighted by Crippen LogP contribution is 2.39. The van der Waals surface area contributed by atoms with Gasteiger partial charge in [-0.1, -0.05) is 36.5 Å². The lowest BCUT2D eigenvalue weighted by molar-refractivity contribution is 0.551. The smallest absolute Gasteiger partial charge is 0.0543 e. The number of benzene rings is 1. The summed E-state index contributed by atoms with van der Waals surface area (Å²) in [4.78, 5) is 1.11. The van der Waals surface area contributed by atoms with Gasteiger partial charge in [0, 0.05) is 21.2 Å². The molecular formula is C13H17Cl2NS. The number of halogens is 2. The number of nitrogens with one attached hydrogen (secondary N) is 1. The van der Waals surface area contributed by atoms with Crippen LogP contribution in [0.25, 0.3) is 0 Å². The Bertz CT molecular complexity index is 384. The van der Waals surface area contributed by atoms with Crippen molar-refractivity contribution in [1.82, 2.24) is 5.32 Å². The lowest BCUT2D eigenvalue weighted by atomic mass is 10.2. The maximum absolute atomic E-state index is 6.20. The van der Waals surface area contributed by atoms with Crippen LogP contribution in [-0.4, -0.2) is 17.8 Å². The van der Waals surface area contributed by atoms with Crippen LogP contribution in [0, 0.1) is 0 Å². The molecule has 1 fully saturated rings. The SMILES string of the molecule is CCNC1CCCC1Sc1cc(Cl)ccc1Cl. The summed E-state index contributed by atoms with van der Waals surface area (Å²) in [5.41, 5.74) is 0. The molecular weight excluding hydrogens is 273 g/mol. The molecule has 4 heteroatoms. The molecule has 1 nitrogen and oxygen atoms in total. The summed E-state index contributed by atoms with van der Waals surface area (Å²) >= 11 is 14.1. The summed E-state index contributed by atoms with van der Waals surface area (Å²) in [5.74, 6) is 0. The Morgan fingerprint density at radius 2 is 2.18 bits per heavy atom. The van der Waals surface area contributed by atoms with E-state index < -0.39 is 0 Å². The normalized spacial score (nSPS) is 24.2. The van der Waals surface area contributed by atoms with Crippen molar-refractivity contribution in [2.45, 2.75) is 42.4 Å². The standard InChI is InChI=1S/C13H17Cl2NS/c1-2-16-11-4-3-5-12(11)17-13-8-9(14)6-7-10(13)15/h6-8,11-12,16H,2-5H2,1H3. The van der Waals surface area contributed by atoms with E-state index >= 15 is 0 Å². The van der Waals surface area contributed by atoms with Crippen molar-refractivity contribution in [2.24, 2.45) is 0 Å². The molecule has 1 aliphatic rings. The lowest BCUT2D eigenvalue weighted by Gasteiger charge is -2.20. The van der Waals surface area contributed by atoms with Gasteiger partial charge in [0.2, 0.25) is 0 Å². The minimum atomic E-state index is 0.611. The zero-order chi connectivity index (χ0) is 12.3. The van der Waals surface area contributed by atoms with Crippen molar-refractivity contribution < 1.29 is 0 Å². The van der Waals surface area contributed by atoms with Gasteiger partial charge < -0.3 is 5.32 Å². The third-order valence-corrected chi connectivity index (χ3v) is 5.23. The Hall–Kier alpha value is 0.110. The maximum atomic E-state index is 6.20. The Kier molecular flexibility index (Phi) is 5.04. The summed E-state index contributed by atoms with van der Waals surface area (Å²) in [6.07, 6.45) is 3.82. The molecule has 0 heterocycles. The quantitative estimate of drug-likeness (QED) is 0.868. The molecule has 0 spiro atoms. The van der Waals surface area contributed by atoms with E-state index in [1.165, 1.54) is 19.3 Å². The minimum absolute atomic E-state index is 0.611. The zero-order valence-corrected chi connectivity index (χ0v) is 12.2. The van der Waals surface area contributed by atoms with Crippen LogP contribution in [0.1, 0.15) is 26.2 Å². The predicted molar refractivity (Wildman–Crippen MR) is 77.4 cm³/mol. The van der Waals surface area contributed by atoms with Crippen LogP contribution >= 0.6 is 35.0 Å². The van der Waals surface area contributed by atoms with Gasteiger partial charge in [-0.25, -0.2) is 0 Å². The van der Waals surface area contributed by atoms with Crippen molar-refractivity contribution in [3.05, 3.63) is 28.2 Å². The van der Waals surface area contributed by atoms with Crippen LogP contribution in [0.4, 0.5) is 0 Å². The number of hydrogen-bond acceptors (Lipinski definition) is 2. The van der Waals surface area contributed by atoms with Gasteiger partial charge in [-0.15, -0.1) is 11.8 Å². The molecule has 2 unspecified atom stereocenters. The molecule has 2 rings (SSSR count). The average molecular weight is 290 g/mol. The molecule has 0 bridgehead atoms. The Balaban J connectivity index is 2.06. The molecule has 0 radical (unpaired) electrons. The Morgan fingerprint density at radius 3 is 2.94 bits per heavy atom. The predicted octanol–water partition coefficient (Wildman–Crippen LogP) is 4.62. The first-order chi connectivity index (χ1) is 8.20. The van der Waals surface area contributed by atoms with Gasteiger partial charge in [0.1, 0.15) is 0 Å². The van der Waals surface area contributed by atoms with Crippen LogP contribution < -0.4 is 5.32 Å². The van der Waals surface area contributed by atoms with E-state index in [-0.39, 0.29) is 0 Å². The number of rotatable bonds is 4. The van der Waals surface area contributed by atoms with Gasteiger partial charge in [-0.3, -0.25) is 0 Å². The first-order valence-corrected chi connectivity index (χ1v) is 7.69. The molecule has 1 aliphatic carbocycles. The maximum Gasteiger partial charge on any atom is 0.0543 e. The van der Waals surface area contributed by atoms with Gasteiger partial charge in [-0.2, -0.15) is 0 Å². The van der Waals surface area contributed by atoms with E-state index in [0.29, 0.717) is 11.3 Å². The van der Waals surface area contributed by atoms with Crippen molar-refractivity contribution in [1.29, 1.82) is 0 Å². The zero-order valence-electron chi connectivity index (χ0n) is 9.88. The van der Waals surface area contributed by atoms with E-state index in [1.54, 1.807) is 0 Å². The van der Waals surface area contributed by atoms with Crippen LogP contribution in [0.5, 0.6) is 0 Å². The fourth-order valence-electron chi connectivity index (χ4n) is 2.29. The molecule has 1 aromatic carbocycles. The fourth-order valence-corrected chi connectivity index (χ4v) is 4.16. The van der Waals surface area contributed by atoms with Gasteiger partial charge >= 0.3 is 0 Å². The molecule has 1 N–H and O–H groups in total. The van der Waals surface area contributed by atoms with E-state index in [4.69, 9.17) is 23.2 Å². The molecule has 0 aromatic heterocycles.